The first-order chi connectivity index (χ1) is 9.20. The van der Waals surface area contributed by atoms with Crippen molar-refractivity contribution in [3.63, 3.8) is 0 Å². The molecule has 2 rings (SSSR count). The summed E-state index contributed by atoms with van der Waals surface area (Å²) in [5.74, 6) is 2.22. The van der Waals surface area contributed by atoms with Crippen LogP contribution in [0.5, 0.6) is 5.88 Å². The van der Waals surface area contributed by atoms with E-state index in [1.807, 2.05) is 13.0 Å². The Labute approximate surface area is 115 Å². The van der Waals surface area contributed by atoms with Crippen LogP contribution < -0.4 is 9.64 Å². The molecular formula is C14H23N3O2. The van der Waals surface area contributed by atoms with Crippen LogP contribution in [0.3, 0.4) is 0 Å². The van der Waals surface area contributed by atoms with Gasteiger partial charge in [-0.1, -0.05) is 13.8 Å². The second-order valence-corrected chi connectivity index (χ2v) is 5.20. The summed E-state index contributed by atoms with van der Waals surface area (Å²) in [5, 5.41) is 0. The highest BCUT2D eigenvalue weighted by Crippen LogP contribution is 2.23. The molecule has 5 nitrogen and oxygen atoms in total. The van der Waals surface area contributed by atoms with E-state index in [0.29, 0.717) is 24.4 Å². The van der Waals surface area contributed by atoms with Crippen molar-refractivity contribution in [2.45, 2.75) is 33.2 Å². The van der Waals surface area contributed by atoms with Crippen molar-refractivity contribution in [3.05, 3.63) is 12.4 Å². The molecule has 1 saturated heterocycles. The van der Waals surface area contributed by atoms with Gasteiger partial charge < -0.3 is 14.4 Å². The van der Waals surface area contributed by atoms with E-state index in [-0.39, 0.29) is 0 Å². The first-order valence-electron chi connectivity index (χ1n) is 7.00. The number of rotatable bonds is 5. The van der Waals surface area contributed by atoms with E-state index in [2.05, 4.69) is 28.7 Å². The Kier molecular flexibility index (Phi) is 4.96. The molecule has 5 heteroatoms. The van der Waals surface area contributed by atoms with Crippen LogP contribution in [-0.2, 0) is 4.74 Å². The van der Waals surface area contributed by atoms with Gasteiger partial charge in [-0.15, -0.1) is 0 Å². The molecule has 106 valence electrons. The highest BCUT2D eigenvalue weighted by atomic mass is 16.5. The van der Waals surface area contributed by atoms with Gasteiger partial charge in [0, 0.05) is 12.6 Å². The van der Waals surface area contributed by atoms with Crippen molar-refractivity contribution in [2.24, 2.45) is 5.92 Å². The normalized spacial score (nSPS) is 19.8. The van der Waals surface area contributed by atoms with Crippen LogP contribution in [0, 0.1) is 5.92 Å². The number of hydrogen-bond acceptors (Lipinski definition) is 5. The number of morpholine rings is 1. The average Bonchev–Trinajstić information content (AvgIpc) is 2.39. The topological polar surface area (TPSA) is 47.5 Å². The summed E-state index contributed by atoms with van der Waals surface area (Å²) >= 11 is 0. The molecule has 1 aliphatic rings. The zero-order valence-electron chi connectivity index (χ0n) is 12.0. The number of anilines is 1. The minimum absolute atomic E-state index is 0.387. The fraction of sp³-hybridized carbons (Fsp3) is 0.714. The molecule has 0 amide bonds. The number of aromatic nitrogens is 2. The van der Waals surface area contributed by atoms with E-state index >= 15 is 0 Å². The molecular weight excluding hydrogens is 242 g/mol. The van der Waals surface area contributed by atoms with Gasteiger partial charge >= 0.3 is 0 Å². The van der Waals surface area contributed by atoms with Gasteiger partial charge in [0.15, 0.2) is 0 Å². The Hall–Kier alpha value is -1.36. The van der Waals surface area contributed by atoms with E-state index in [1.54, 1.807) is 6.33 Å². The van der Waals surface area contributed by atoms with Crippen molar-refractivity contribution in [1.82, 2.24) is 9.97 Å². The number of ether oxygens (including phenoxy) is 2. The molecule has 1 aliphatic heterocycles. The predicted molar refractivity (Wildman–Crippen MR) is 74.6 cm³/mol. The molecule has 2 heterocycles. The highest BCUT2D eigenvalue weighted by Gasteiger charge is 2.25. The monoisotopic (exact) mass is 265 g/mol. The van der Waals surface area contributed by atoms with Crippen LogP contribution in [0.15, 0.2) is 12.4 Å². The second kappa shape index (κ2) is 6.70. The summed E-state index contributed by atoms with van der Waals surface area (Å²) in [7, 11) is 0. The van der Waals surface area contributed by atoms with Gasteiger partial charge in [0.2, 0.25) is 5.88 Å². The van der Waals surface area contributed by atoms with Gasteiger partial charge in [0.05, 0.1) is 25.9 Å². The van der Waals surface area contributed by atoms with E-state index < -0.39 is 0 Å². The quantitative estimate of drug-likeness (QED) is 0.816. The average molecular weight is 265 g/mol. The summed E-state index contributed by atoms with van der Waals surface area (Å²) in [6, 6.07) is 2.31. The van der Waals surface area contributed by atoms with Gasteiger partial charge in [0.1, 0.15) is 12.1 Å². The lowest BCUT2D eigenvalue weighted by atomic mass is 10.0. The Morgan fingerprint density at radius 3 is 3.05 bits per heavy atom. The van der Waals surface area contributed by atoms with Crippen LogP contribution in [-0.4, -0.2) is 42.4 Å². The zero-order chi connectivity index (χ0) is 13.7. The lowest BCUT2D eigenvalue weighted by Crippen LogP contribution is -2.46. The van der Waals surface area contributed by atoms with Crippen molar-refractivity contribution in [2.75, 3.05) is 31.3 Å². The first kappa shape index (κ1) is 14.1. The molecule has 0 saturated carbocycles. The Balaban J connectivity index is 2.14. The lowest BCUT2D eigenvalue weighted by Gasteiger charge is -2.37. The molecule has 1 atom stereocenters. The minimum atomic E-state index is 0.387. The summed E-state index contributed by atoms with van der Waals surface area (Å²) in [4.78, 5) is 10.8. The molecule has 1 aromatic rings. The summed E-state index contributed by atoms with van der Waals surface area (Å²) in [6.07, 6.45) is 2.68. The molecule has 0 spiro atoms. The maximum atomic E-state index is 5.60. The second-order valence-electron chi connectivity index (χ2n) is 5.20. The highest BCUT2D eigenvalue weighted by molar-refractivity contribution is 5.42. The van der Waals surface area contributed by atoms with Gasteiger partial charge in [0.25, 0.3) is 0 Å². The zero-order valence-corrected chi connectivity index (χ0v) is 12.0. The third-order valence-corrected chi connectivity index (χ3v) is 3.19. The standard InChI is InChI=1S/C14H23N3O2/c1-4-19-14-8-13(15-10-16-14)17-5-6-18-9-12(17)7-11(2)3/h8,10-12H,4-7,9H2,1-3H3. The Bertz CT molecular complexity index is 398. The molecule has 0 bridgehead atoms. The SMILES string of the molecule is CCOc1cc(N2CCOCC2CC(C)C)ncn1. The van der Waals surface area contributed by atoms with Crippen LogP contribution in [0.25, 0.3) is 0 Å². The summed E-state index contributed by atoms with van der Waals surface area (Å²) in [6.45, 7) is 9.44. The van der Waals surface area contributed by atoms with E-state index in [4.69, 9.17) is 9.47 Å². The van der Waals surface area contributed by atoms with E-state index in [9.17, 15) is 0 Å². The van der Waals surface area contributed by atoms with E-state index in [0.717, 1.165) is 32.0 Å². The van der Waals surface area contributed by atoms with Gasteiger partial charge in [-0.3, -0.25) is 0 Å². The van der Waals surface area contributed by atoms with Crippen LogP contribution >= 0.6 is 0 Å². The molecule has 0 aliphatic carbocycles. The molecule has 1 aromatic heterocycles. The fourth-order valence-corrected chi connectivity index (χ4v) is 2.41. The van der Waals surface area contributed by atoms with Gasteiger partial charge in [-0.25, -0.2) is 9.97 Å². The lowest BCUT2D eigenvalue weighted by molar-refractivity contribution is 0.0873. The molecule has 0 N–H and O–H groups in total. The predicted octanol–water partition coefficient (Wildman–Crippen LogP) is 2.13. The fourth-order valence-electron chi connectivity index (χ4n) is 2.41. The van der Waals surface area contributed by atoms with Crippen LogP contribution in [0.2, 0.25) is 0 Å². The molecule has 1 fully saturated rings. The summed E-state index contributed by atoms with van der Waals surface area (Å²) in [5.41, 5.74) is 0. The maximum Gasteiger partial charge on any atom is 0.218 e. The maximum absolute atomic E-state index is 5.60. The largest absolute Gasteiger partial charge is 0.478 e. The third kappa shape index (κ3) is 3.80. The van der Waals surface area contributed by atoms with Gasteiger partial charge in [-0.05, 0) is 19.3 Å². The molecule has 19 heavy (non-hydrogen) atoms. The molecule has 0 radical (unpaired) electrons. The first-order valence-corrected chi connectivity index (χ1v) is 7.00. The molecule has 0 aromatic carbocycles. The van der Waals surface area contributed by atoms with Crippen LogP contribution in [0.4, 0.5) is 5.82 Å². The number of hydrogen-bond donors (Lipinski definition) is 0. The van der Waals surface area contributed by atoms with Crippen molar-refractivity contribution >= 4 is 5.82 Å². The van der Waals surface area contributed by atoms with Gasteiger partial charge in [-0.2, -0.15) is 0 Å². The van der Waals surface area contributed by atoms with Crippen molar-refractivity contribution in [1.29, 1.82) is 0 Å². The van der Waals surface area contributed by atoms with Crippen molar-refractivity contribution in [3.8, 4) is 5.88 Å². The van der Waals surface area contributed by atoms with Crippen LogP contribution in [0.1, 0.15) is 27.2 Å². The smallest absolute Gasteiger partial charge is 0.218 e. The minimum Gasteiger partial charge on any atom is -0.478 e. The Morgan fingerprint density at radius 1 is 1.47 bits per heavy atom. The molecule has 1 unspecified atom stereocenters. The summed E-state index contributed by atoms with van der Waals surface area (Å²) < 4.78 is 11.0. The number of nitrogens with zero attached hydrogens (tertiary/aromatic N) is 3. The Morgan fingerprint density at radius 2 is 2.32 bits per heavy atom. The third-order valence-electron chi connectivity index (χ3n) is 3.19. The van der Waals surface area contributed by atoms with Crippen molar-refractivity contribution < 1.29 is 9.47 Å². The van der Waals surface area contributed by atoms with E-state index in [1.165, 1.54) is 0 Å².